The minimum Gasteiger partial charge on any atom is -0.341 e. The average Bonchev–Trinajstić information content (AvgIpc) is 3.15. The Morgan fingerprint density at radius 2 is 1.74 bits per heavy atom. The van der Waals surface area contributed by atoms with Gasteiger partial charge in [-0.3, -0.25) is 9.59 Å². The fourth-order valence-corrected chi connectivity index (χ4v) is 4.02. The molecule has 5 heteroatoms. The van der Waals surface area contributed by atoms with Gasteiger partial charge in [0, 0.05) is 24.8 Å². The molecule has 1 saturated carbocycles. The number of likely N-dealkylation sites (tertiary alicyclic amines) is 1. The summed E-state index contributed by atoms with van der Waals surface area (Å²) in [5, 5.41) is 0. The van der Waals surface area contributed by atoms with Crippen molar-refractivity contribution < 1.29 is 9.59 Å². The molecular formula is C14H22N2O2S. The Balaban J connectivity index is 1.63. The van der Waals surface area contributed by atoms with E-state index in [9.17, 15) is 9.59 Å². The standard InChI is InChI=1S/C14H22N2O2S/c1-10-4-6-15(7-5-10)14(18)12-8-19-9-16(12)13(17)11-2-3-11/h10-12H,2-9H2,1H3. The summed E-state index contributed by atoms with van der Waals surface area (Å²) in [6, 6.07) is -0.188. The Labute approximate surface area is 118 Å². The minimum absolute atomic E-state index is 0.186. The molecule has 1 aliphatic carbocycles. The third-order valence-corrected chi connectivity index (χ3v) is 5.48. The fraction of sp³-hybridized carbons (Fsp3) is 0.857. The third kappa shape index (κ3) is 2.76. The summed E-state index contributed by atoms with van der Waals surface area (Å²) >= 11 is 1.71. The van der Waals surface area contributed by atoms with Gasteiger partial charge in [0.15, 0.2) is 0 Å². The van der Waals surface area contributed by atoms with Crippen molar-refractivity contribution in [3.63, 3.8) is 0 Å². The number of thioether (sulfide) groups is 1. The lowest BCUT2D eigenvalue weighted by molar-refractivity contribution is -0.144. The van der Waals surface area contributed by atoms with E-state index in [1.807, 2.05) is 9.80 Å². The van der Waals surface area contributed by atoms with Crippen molar-refractivity contribution in [3.8, 4) is 0 Å². The maximum absolute atomic E-state index is 12.6. The average molecular weight is 282 g/mol. The van der Waals surface area contributed by atoms with Crippen LogP contribution in [0.25, 0.3) is 0 Å². The molecule has 3 rings (SSSR count). The Bertz CT molecular complexity index is 376. The zero-order valence-electron chi connectivity index (χ0n) is 11.5. The molecule has 106 valence electrons. The second-order valence-electron chi connectivity index (χ2n) is 6.11. The predicted octanol–water partition coefficient (Wildman–Crippen LogP) is 1.56. The van der Waals surface area contributed by atoms with Gasteiger partial charge in [0.1, 0.15) is 6.04 Å². The monoisotopic (exact) mass is 282 g/mol. The van der Waals surface area contributed by atoms with Crippen LogP contribution in [0.1, 0.15) is 32.6 Å². The lowest BCUT2D eigenvalue weighted by Crippen LogP contribution is -2.51. The molecule has 2 heterocycles. The molecule has 0 bridgehead atoms. The van der Waals surface area contributed by atoms with Crippen molar-refractivity contribution in [2.24, 2.45) is 11.8 Å². The van der Waals surface area contributed by atoms with Gasteiger partial charge >= 0.3 is 0 Å². The molecular weight excluding hydrogens is 260 g/mol. The van der Waals surface area contributed by atoms with Crippen LogP contribution >= 0.6 is 11.8 Å². The number of piperidine rings is 1. The first-order valence-corrected chi connectivity index (χ1v) is 8.49. The van der Waals surface area contributed by atoms with Gasteiger partial charge in [0.25, 0.3) is 0 Å². The van der Waals surface area contributed by atoms with Crippen molar-refractivity contribution in [1.29, 1.82) is 0 Å². The molecule has 4 nitrogen and oxygen atoms in total. The highest BCUT2D eigenvalue weighted by Crippen LogP contribution is 2.35. The van der Waals surface area contributed by atoms with E-state index in [2.05, 4.69) is 6.92 Å². The first kappa shape index (κ1) is 13.3. The summed E-state index contributed by atoms with van der Waals surface area (Å²) < 4.78 is 0. The predicted molar refractivity (Wildman–Crippen MR) is 75.7 cm³/mol. The first-order chi connectivity index (χ1) is 9.16. The Hall–Kier alpha value is -0.710. The summed E-state index contributed by atoms with van der Waals surface area (Å²) in [5.74, 6) is 2.83. The van der Waals surface area contributed by atoms with E-state index in [1.165, 1.54) is 0 Å². The highest BCUT2D eigenvalue weighted by atomic mass is 32.2. The number of carbonyl (C=O) groups excluding carboxylic acids is 2. The zero-order chi connectivity index (χ0) is 13.4. The normalized spacial score (nSPS) is 28.8. The number of hydrogen-bond donors (Lipinski definition) is 0. The number of amides is 2. The number of rotatable bonds is 2. The summed E-state index contributed by atoms with van der Waals surface area (Å²) in [6.45, 7) is 3.98. The highest BCUT2D eigenvalue weighted by molar-refractivity contribution is 7.99. The van der Waals surface area contributed by atoms with Crippen molar-refractivity contribution in [2.75, 3.05) is 24.7 Å². The molecule has 2 aliphatic heterocycles. The molecule has 3 aliphatic rings. The lowest BCUT2D eigenvalue weighted by atomic mass is 9.98. The van der Waals surface area contributed by atoms with Crippen molar-refractivity contribution >= 4 is 23.6 Å². The second-order valence-corrected chi connectivity index (χ2v) is 7.11. The highest BCUT2D eigenvalue weighted by Gasteiger charge is 2.42. The van der Waals surface area contributed by atoms with Crippen LogP contribution in [0.4, 0.5) is 0 Å². The lowest BCUT2D eigenvalue weighted by Gasteiger charge is -2.34. The molecule has 0 aromatic heterocycles. The van der Waals surface area contributed by atoms with E-state index in [0.29, 0.717) is 5.88 Å². The molecule has 2 saturated heterocycles. The van der Waals surface area contributed by atoms with Gasteiger partial charge in [-0.2, -0.15) is 0 Å². The zero-order valence-corrected chi connectivity index (χ0v) is 12.3. The smallest absolute Gasteiger partial charge is 0.246 e. The summed E-state index contributed by atoms with van der Waals surface area (Å²) in [6.07, 6.45) is 4.23. The topological polar surface area (TPSA) is 40.6 Å². The largest absolute Gasteiger partial charge is 0.341 e. The van der Waals surface area contributed by atoms with E-state index in [0.717, 1.165) is 50.4 Å². The van der Waals surface area contributed by atoms with E-state index in [-0.39, 0.29) is 23.8 Å². The van der Waals surface area contributed by atoms with Crippen LogP contribution in [0.5, 0.6) is 0 Å². The number of nitrogens with zero attached hydrogens (tertiary/aromatic N) is 2. The molecule has 0 radical (unpaired) electrons. The van der Waals surface area contributed by atoms with Crippen LogP contribution in [0, 0.1) is 11.8 Å². The van der Waals surface area contributed by atoms with Gasteiger partial charge in [0.2, 0.25) is 11.8 Å². The number of carbonyl (C=O) groups is 2. The fourth-order valence-electron chi connectivity index (χ4n) is 2.87. The van der Waals surface area contributed by atoms with E-state index in [4.69, 9.17) is 0 Å². The van der Waals surface area contributed by atoms with E-state index < -0.39 is 0 Å². The third-order valence-electron chi connectivity index (χ3n) is 4.47. The Morgan fingerprint density at radius 3 is 2.37 bits per heavy atom. The number of hydrogen-bond acceptors (Lipinski definition) is 3. The summed E-state index contributed by atoms with van der Waals surface area (Å²) in [4.78, 5) is 28.6. The molecule has 2 amide bonds. The van der Waals surface area contributed by atoms with Gasteiger partial charge in [-0.05, 0) is 31.6 Å². The SMILES string of the molecule is CC1CCN(C(=O)C2CSCN2C(=O)C2CC2)CC1. The van der Waals surface area contributed by atoms with Crippen molar-refractivity contribution in [2.45, 2.75) is 38.6 Å². The molecule has 0 spiro atoms. The van der Waals surface area contributed by atoms with Gasteiger partial charge in [-0.1, -0.05) is 6.92 Å². The van der Waals surface area contributed by atoms with Gasteiger partial charge < -0.3 is 9.80 Å². The summed E-state index contributed by atoms with van der Waals surface area (Å²) in [5.41, 5.74) is 0. The van der Waals surface area contributed by atoms with E-state index in [1.54, 1.807) is 11.8 Å². The van der Waals surface area contributed by atoms with Gasteiger partial charge in [-0.15, -0.1) is 11.8 Å². The maximum atomic E-state index is 12.6. The molecule has 19 heavy (non-hydrogen) atoms. The van der Waals surface area contributed by atoms with Crippen LogP contribution in [0.3, 0.4) is 0 Å². The van der Waals surface area contributed by atoms with Crippen LogP contribution in [-0.4, -0.2) is 52.4 Å². The van der Waals surface area contributed by atoms with Crippen molar-refractivity contribution in [1.82, 2.24) is 9.80 Å². The van der Waals surface area contributed by atoms with Gasteiger partial charge in [0.05, 0.1) is 5.88 Å². The first-order valence-electron chi connectivity index (χ1n) is 7.34. The van der Waals surface area contributed by atoms with E-state index >= 15 is 0 Å². The quantitative estimate of drug-likeness (QED) is 0.771. The van der Waals surface area contributed by atoms with Crippen LogP contribution in [-0.2, 0) is 9.59 Å². The molecule has 1 unspecified atom stereocenters. The molecule has 1 atom stereocenters. The van der Waals surface area contributed by atoms with Gasteiger partial charge in [-0.25, -0.2) is 0 Å². The Morgan fingerprint density at radius 1 is 1.05 bits per heavy atom. The summed E-state index contributed by atoms with van der Waals surface area (Å²) in [7, 11) is 0. The minimum atomic E-state index is -0.188. The van der Waals surface area contributed by atoms with Crippen LogP contribution in [0.2, 0.25) is 0 Å². The maximum Gasteiger partial charge on any atom is 0.246 e. The van der Waals surface area contributed by atoms with Crippen LogP contribution < -0.4 is 0 Å². The second kappa shape index (κ2) is 5.35. The molecule has 0 aromatic rings. The van der Waals surface area contributed by atoms with Crippen molar-refractivity contribution in [3.05, 3.63) is 0 Å². The van der Waals surface area contributed by atoms with Crippen LogP contribution in [0.15, 0.2) is 0 Å². The molecule has 0 N–H and O–H groups in total. The molecule has 3 fully saturated rings. The molecule has 0 aromatic carbocycles. The Kier molecular flexibility index (Phi) is 3.74.